The van der Waals surface area contributed by atoms with Crippen molar-refractivity contribution < 1.29 is 22.7 Å². The second-order valence-electron chi connectivity index (χ2n) is 4.40. The van der Waals surface area contributed by atoms with Crippen LogP contribution in [0.4, 0.5) is 4.39 Å². The number of aliphatic carboxylic acids is 1. The fourth-order valence-electron chi connectivity index (χ4n) is 1.72. The Hall–Kier alpha value is -1.29. The molecule has 0 bridgehead atoms. The predicted octanol–water partition coefficient (Wildman–Crippen LogP) is 2.62. The van der Waals surface area contributed by atoms with Crippen LogP contribution in [-0.2, 0) is 21.2 Å². The third-order valence-electron chi connectivity index (χ3n) is 2.76. The fourth-order valence-corrected chi connectivity index (χ4v) is 4.94. The van der Waals surface area contributed by atoms with Gasteiger partial charge in [-0.25, -0.2) is 12.8 Å². The van der Waals surface area contributed by atoms with E-state index in [1.165, 1.54) is 30.3 Å². The Morgan fingerprint density at radius 3 is 2.41 bits per heavy atom. The first-order valence-electron chi connectivity index (χ1n) is 6.03. The van der Waals surface area contributed by atoms with Crippen LogP contribution in [0.1, 0.15) is 5.56 Å². The summed E-state index contributed by atoms with van der Waals surface area (Å²) in [6.07, 6.45) is -0.0820. The van der Waals surface area contributed by atoms with Crippen molar-refractivity contribution in [3.8, 4) is 0 Å². The van der Waals surface area contributed by atoms with Gasteiger partial charge in [0.15, 0.2) is 0 Å². The van der Waals surface area contributed by atoms with E-state index in [1.807, 2.05) is 0 Å². The molecule has 0 aliphatic carbocycles. The molecule has 1 atom stereocenters. The summed E-state index contributed by atoms with van der Waals surface area (Å²) in [5.41, 5.74) is 0.517. The summed E-state index contributed by atoms with van der Waals surface area (Å²) in [5.74, 6) is -1.75. The van der Waals surface area contributed by atoms with E-state index in [-0.39, 0.29) is 10.6 Å². The lowest BCUT2D eigenvalue weighted by molar-refractivity contribution is -0.138. The minimum absolute atomic E-state index is 0.0183. The highest BCUT2D eigenvalue weighted by Crippen LogP contribution is 2.26. The molecule has 118 valence electrons. The topological polar surface area (TPSA) is 83.5 Å². The van der Waals surface area contributed by atoms with Crippen molar-refractivity contribution in [2.24, 2.45) is 0 Å². The lowest BCUT2D eigenvalue weighted by atomic mass is 10.1. The second-order valence-corrected chi connectivity index (χ2v) is 8.81. The van der Waals surface area contributed by atoms with Crippen molar-refractivity contribution in [2.75, 3.05) is 0 Å². The van der Waals surface area contributed by atoms with Gasteiger partial charge >= 0.3 is 5.97 Å². The quantitative estimate of drug-likeness (QED) is 0.770. The van der Waals surface area contributed by atoms with Crippen LogP contribution >= 0.6 is 27.3 Å². The number of halogens is 2. The van der Waals surface area contributed by atoms with Crippen molar-refractivity contribution in [1.29, 1.82) is 0 Å². The maximum atomic E-state index is 12.8. The summed E-state index contributed by atoms with van der Waals surface area (Å²) in [6, 6.07) is 6.83. The van der Waals surface area contributed by atoms with E-state index in [1.54, 1.807) is 6.07 Å². The minimum atomic E-state index is -3.93. The molecule has 0 aliphatic rings. The molecular formula is C13H11BrFNO4S2. The van der Waals surface area contributed by atoms with Gasteiger partial charge in [-0.3, -0.25) is 4.79 Å². The summed E-state index contributed by atoms with van der Waals surface area (Å²) in [7, 11) is -3.93. The number of carboxylic acids is 1. The van der Waals surface area contributed by atoms with Crippen molar-refractivity contribution in [1.82, 2.24) is 4.72 Å². The highest BCUT2D eigenvalue weighted by molar-refractivity contribution is 9.11. The summed E-state index contributed by atoms with van der Waals surface area (Å²) >= 11 is 4.14. The molecule has 0 saturated carbocycles. The zero-order valence-electron chi connectivity index (χ0n) is 11.0. The van der Waals surface area contributed by atoms with Crippen LogP contribution in [0.15, 0.2) is 44.4 Å². The van der Waals surface area contributed by atoms with Crippen LogP contribution < -0.4 is 4.72 Å². The Bertz CT molecular complexity index is 774. The van der Waals surface area contributed by atoms with Crippen molar-refractivity contribution in [3.63, 3.8) is 0 Å². The molecule has 1 heterocycles. The van der Waals surface area contributed by atoms with Gasteiger partial charge in [0.1, 0.15) is 16.1 Å². The van der Waals surface area contributed by atoms with Gasteiger partial charge in [0.25, 0.3) is 10.0 Å². The molecule has 0 saturated heterocycles. The number of carboxylic acid groups (broad SMARTS) is 1. The average molecular weight is 408 g/mol. The van der Waals surface area contributed by atoms with Gasteiger partial charge in [-0.05, 0) is 52.2 Å². The summed E-state index contributed by atoms with van der Waals surface area (Å²) in [4.78, 5) is 11.3. The zero-order chi connectivity index (χ0) is 16.3. The van der Waals surface area contributed by atoms with Crippen LogP contribution in [0.2, 0.25) is 0 Å². The molecule has 1 aromatic carbocycles. The summed E-state index contributed by atoms with van der Waals surface area (Å²) in [5, 5.41) is 9.20. The number of sulfonamides is 1. The lowest BCUT2D eigenvalue weighted by Gasteiger charge is -2.14. The standard InChI is InChI=1S/C13H11BrFNO4S2/c14-11-5-6-12(21-11)22(19,20)16-10(13(17)18)7-8-1-3-9(15)4-2-8/h1-6,10,16H,7H2,(H,17,18)/t10-/m1/s1. The molecule has 2 aromatic rings. The van der Waals surface area contributed by atoms with Gasteiger partial charge in [0, 0.05) is 0 Å². The largest absolute Gasteiger partial charge is 0.480 e. The Morgan fingerprint density at radius 1 is 1.27 bits per heavy atom. The van der Waals surface area contributed by atoms with E-state index < -0.39 is 27.9 Å². The third kappa shape index (κ3) is 4.35. The Kier molecular flexibility index (Phi) is 5.32. The van der Waals surface area contributed by atoms with Crippen LogP contribution in [0.5, 0.6) is 0 Å². The predicted molar refractivity (Wildman–Crippen MR) is 83.9 cm³/mol. The van der Waals surface area contributed by atoms with Crippen molar-refractivity contribution in [2.45, 2.75) is 16.7 Å². The SMILES string of the molecule is O=C(O)[C@@H](Cc1ccc(F)cc1)NS(=O)(=O)c1ccc(Br)s1. The zero-order valence-corrected chi connectivity index (χ0v) is 14.2. The van der Waals surface area contributed by atoms with Gasteiger partial charge in [-0.15, -0.1) is 11.3 Å². The minimum Gasteiger partial charge on any atom is -0.480 e. The van der Waals surface area contributed by atoms with Gasteiger partial charge in [0.2, 0.25) is 0 Å². The Morgan fingerprint density at radius 2 is 1.91 bits per heavy atom. The van der Waals surface area contributed by atoms with E-state index in [4.69, 9.17) is 0 Å². The van der Waals surface area contributed by atoms with Crippen LogP contribution in [0.25, 0.3) is 0 Å². The number of carbonyl (C=O) groups is 1. The molecular weight excluding hydrogens is 397 g/mol. The third-order valence-corrected chi connectivity index (χ3v) is 6.35. The number of hydrogen-bond donors (Lipinski definition) is 2. The molecule has 0 aliphatic heterocycles. The number of rotatable bonds is 6. The van der Waals surface area contributed by atoms with Crippen LogP contribution in [0.3, 0.4) is 0 Å². The van der Waals surface area contributed by atoms with E-state index in [0.717, 1.165) is 11.3 Å². The highest BCUT2D eigenvalue weighted by Gasteiger charge is 2.26. The number of benzene rings is 1. The van der Waals surface area contributed by atoms with Gasteiger partial charge in [-0.1, -0.05) is 12.1 Å². The molecule has 22 heavy (non-hydrogen) atoms. The summed E-state index contributed by atoms with van der Waals surface area (Å²) < 4.78 is 40.0. The lowest BCUT2D eigenvalue weighted by Crippen LogP contribution is -2.42. The van der Waals surface area contributed by atoms with E-state index in [0.29, 0.717) is 9.35 Å². The molecule has 0 radical (unpaired) electrons. The first-order valence-corrected chi connectivity index (χ1v) is 9.12. The van der Waals surface area contributed by atoms with Gasteiger partial charge < -0.3 is 5.11 Å². The molecule has 0 spiro atoms. The molecule has 2 rings (SSSR count). The van der Waals surface area contributed by atoms with Gasteiger partial charge in [0.05, 0.1) is 3.79 Å². The average Bonchev–Trinajstić information content (AvgIpc) is 2.88. The Labute approximate surface area is 139 Å². The number of nitrogens with one attached hydrogen (secondary N) is 1. The van der Waals surface area contributed by atoms with Gasteiger partial charge in [-0.2, -0.15) is 4.72 Å². The van der Waals surface area contributed by atoms with Crippen LogP contribution in [0, 0.1) is 5.82 Å². The maximum absolute atomic E-state index is 12.8. The van der Waals surface area contributed by atoms with Crippen LogP contribution in [-0.4, -0.2) is 25.5 Å². The molecule has 9 heteroatoms. The smallest absolute Gasteiger partial charge is 0.322 e. The number of thiophene rings is 1. The molecule has 0 fully saturated rings. The highest BCUT2D eigenvalue weighted by atomic mass is 79.9. The molecule has 2 N–H and O–H groups in total. The molecule has 0 unspecified atom stereocenters. The van der Waals surface area contributed by atoms with Crippen molar-refractivity contribution in [3.05, 3.63) is 51.6 Å². The summed E-state index contributed by atoms with van der Waals surface area (Å²) in [6.45, 7) is 0. The van der Waals surface area contributed by atoms with E-state index in [9.17, 15) is 22.7 Å². The molecule has 5 nitrogen and oxygen atoms in total. The first-order chi connectivity index (χ1) is 10.3. The maximum Gasteiger partial charge on any atom is 0.322 e. The Balaban J connectivity index is 2.18. The van der Waals surface area contributed by atoms with Crippen molar-refractivity contribution >= 4 is 43.3 Å². The monoisotopic (exact) mass is 407 g/mol. The fraction of sp³-hybridized carbons (Fsp3) is 0.154. The first kappa shape index (κ1) is 17.1. The normalized spacial score (nSPS) is 13.0. The van der Waals surface area contributed by atoms with E-state index >= 15 is 0 Å². The molecule has 0 amide bonds. The number of hydrogen-bond acceptors (Lipinski definition) is 4. The second kappa shape index (κ2) is 6.86. The van der Waals surface area contributed by atoms with E-state index in [2.05, 4.69) is 20.7 Å². The molecule has 1 aromatic heterocycles.